The van der Waals surface area contributed by atoms with Crippen molar-refractivity contribution in [1.29, 1.82) is 0 Å². The van der Waals surface area contributed by atoms with Gasteiger partial charge in [-0.15, -0.1) is 0 Å². The molecule has 0 saturated carbocycles. The molecular weight excluding hydrogens is 291 g/mol. The SMILES string of the molecule is O=C(O)C1CCCCCN1C(=O)c1cc(Cl)c(Cl)[nH]1. The first-order valence-corrected chi connectivity index (χ1v) is 6.84. The van der Waals surface area contributed by atoms with Crippen LogP contribution in [0.25, 0.3) is 0 Å². The molecule has 0 spiro atoms. The van der Waals surface area contributed by atoms with Crippen LogP contribution >= 0.6 is 23.2 Å². The maximum atomic E-state index is 12.3. The molecule has 104 valence electrons. The number of halogens is 2. The number of nitrogens with one attached hydrogen (secondary N) is 1. The Morgan fingerprint density at radius 3 is 2.63 bits per heavy atom. The predicted octanol–water partition coefficient (Wildman–Crippen LogP) is 2.79. The summed E-state index contributed by atoms with van der Waals surface area (Å²) in [6, 6.07) is 0.645. The molecule has 2 N–H and O–H groups in total. The Morgan fingerprint density at radius 2 is 2.05 bits per heavy atom. The van der Waals surface area contributed by atoms with Crippen molar-refractivity contribution >= 4 is 35.1 Å². The van der Waals surface area contributed by atoms with E-state index in [1.54, 1.807) is 0 Å². The van der Waals surface area contributed by atoms with Gasteiger partial charge in [0.1, 0.15) is 16.9 Å². The Balaban J connectivity index is 2.25. The number of carboxylic acids is 1. The van der Waals surface area contributed by atoms with Crippen LogP contribution in [-0.4, -0.2) is 39.5 Å². The highest BCUT2D eigenvalue weighted by atomic mass is 35.5. The maximum Gasteiger partial charge on any atom is 0.326 e. The Hall–Kier alpha value is -1.20. The fourth-order valence-corrected chi connectivity index (χ4v) is 2.59. The molecule has 0 radical (unpaired) electrons. The van der Waals surface area contributed by atoms with Gasteiger partial charge >= 0.3 is 5.97 Å². The summed E-state index contributed by atoms with van der Waals surface area (Å²) in [5, 5.41) is 9.68. The first kappa shape index (κ1) is 14.2. The van der Waals surface area contributed by atoms with Gasteiger partial charge in [-0.1, -0.05) is 36.0 Å². The number of carboxylic acid groups (broad SMARTS) is 1. The Bertz CT molecular complexity index is 482. The summed E-state index contributed by atoms with van der Waals surface area (Å²) < 4.78 is 0. The number of aromatic nitrogens is 1. The topological polar surface area (TPSA) is 73.4 Å². The molecule has 1 aromatic heterocycles. The summed E-state index contributed by atoms with van der Waals surface area (Å²) in [7, 11) is 0. The number of carbonyl (C=O) groups is 2. The fourth-order valence-electron chi connectivity index (χ4n) is 2.28. The van der Waals surface area contributed by atoms with Crippen molar-refractivity contribution in [2.24, 2.45) is 0 Å². The maximum absolute atomic E-state index is 12.3. The number of hydrogen-bond acceptors (Lipinski definition) is 2. The number of likely N-dealkylation sites (tertiary alicyclic amines) is 1. The molecule has 0 aromatic carbocycles. The smallest absolute Gasteiger partial charge is 0.326 e. The van der Waals surface area contributed by atoms with Gasteiger partial charge in [0.05, 0.1) is 5.02 Å². The summed E-state index contributed by atoms with van der Waals surface area (Å²) in [5.74, 6) is -1.35. The minimum Gasteiger partial charge on any atom is -0.480 e. The Labute approximate surface area is 120 Å². The van der Waals surface area contributed by atoms with Crippen LogP contribution in [0.1, 0.15) is 36.2 Å². The molecule has 1 atom stereocenters. The number of aromatic amines is 1. The number of aliphatic carboxylic acids is 1. The van der Waals surface area contributed by atoms with Crippen molar-refractivity contribution in [1.82, 2.24) is 9.88 Å². The lowest BCUT2D eigenvalue weighted by atomic mass is 10.1. The van der Waals surface area contributed by atoms with Gasteiger partial charge in [-0.3, -0.25) is 4.79 Å². The molecule has 0 aliphatic carbocycles. The average molecular weight is 305 g/mol. The molecule has 7 heteroatoms. The van der Waals surface area contributed by atoms with Crippen LogP contribution in [0.5, 0.6) is 0 Å². The summed E-state index contributed by atoms with van der Waals surface area (Å²) in [6.45, 7) is 0.435. The van der Waals surface area contributed by atoms with E-state index in [1.807, 2.05) is 0 Å². The minimum atomic E-state index is -0.973. The van der Waals surface area contributed by atoms with Crippen molar-refractivity contribution in [3.63, 3.8) is 0 Å². The van der Waals surface area contributed by atoms with Gasteiger partial charge in [-0.25, -0.2) is 4.79 Å². The van der Waals surface area contributed by atoms with Crippen molar-refractivity contribution in [3.8, 4) is 0 Å². The molecule has 1 aliphatic rings. The number of rotatable bonds is 2. The lowest BCUT2D eigenvalue weighted by Crippen LogP contribution is -2.44. The van der Waals surface area contributed by atoms with E-state index in [1.165, 1.54) is 11.0 Å². The molecule has 1 fully saturated rings. The second-order valence-corrected chi connectivity index (χ2v) is 5.33. The van der Waals surface area contributed by atoms with Gasteiger partial charge in [-0.05, 0) is 18.9 Å². The van der Waals surface area contributed by atoms with Gasteiger partial charge in [-0.2, -0.15) is 0 Å². The molecule has 1 saturated heterocycles. The number of hydrogen-bond donors (Lipinski definition) is 2. The Kier molecular flexibility index (Phi) is 4.37. The molecule has 19 heavy (non-hydrogen) atoms. The van der Waals surface area contributed by atoms with E-state index in [2.05, 4.69) is 4.98 Å². The second kappa shape index (κ2) is 5.84. The summed E-state index contributed by atoms with van der Waals surface area (Å²) in [6.07, 6.45) is 3.02. The quantitative estimate of drug-likeness (QED) is 0.882. The van der Waals surface area contributed by atoms with Crippen molar-refractivity contribution in [2.45, 2.75) is 31.7 Å². The molecule has 1 aromatic rings. The lowest BCUT2D eigenvalue weighted by molar-refractivity contribution is -0.142. The van der Waals surface area contributed by atoms with E-state index in [9.17, 15) is 14.7 Å². The second-order valence-electron chi connectivity index (χ2n) is 4.55. The van der Waals surface area contributed by atoms with Crippen LogP contribution < -0.4 is 0 Å². The first-order chi connectivity index (χ1) is 9.00. The molecular formula is C12H14Cl2N2O3. The van der Waals surface area contributed by atoms with E-state index >= 15 is 0 Å². The van der Waals surface area contributed by atoms with Gasteiger partial charge in [0.15, 0.2) is 0 Å². The third-order valence-electron chi connectivity index (χ3n) is 3.25. The third kappa shape index (κ3) is 3.04. The van der Waals surface area contributed by atoms with Gasteiger partial charge in [0, 0.05) is 6.54 Å². The highest BCUT2D eigenvalue weighted by molar-refractivity contribution is 6.41. The van der Waals surface area contributed by atoms with Crippen LogP contribution in [-0.2, 0) is 4.79 Å². The number of nitrogens with zero attached hydrogens (tertiary/aromatic N) is 1. The third-order valence-corrected chi connectivity index (χ3v) is 3.95. The van der Waals surface area contributed by atoms with E-state index in [0.717, 1.165) is 19.3 Å². The fraction of sp³-hybridized carbons (Fsp3) is 0.500. The zero-order valence-corrected chi connectivity index (χ0v) is 11.7. The van der Waals surface area contributed by atoms with Crippen LogP contribution in [0.4, 0.5) is 0 Å². The zero-order valence-electron chi connectivity index (χ0n) is 10.2. The van der Waals surface area contributed by atoms with E-state index in [-0.39, 0.29) is 21.8 Å². The Morgan fingerprint density at radius 1 is 1.32 bits per heavy atom. The number of carbonyl (C=O) groups excluding carboxylic acids is 1. The van der Waals surface area contributed by atoms with Gasteiger partial charge in [0.25, 0.3) is 5.91 Å². The standard InChI is InChI=1S/C12H14Cl2N2O3/c13-7-6-8(15-10(7)14)11(17)16-5-3-1-2-4-9(16)12(18)19/h6,9,15H,1-5H2,(H,18,19). The van der Waals surface area contributed by atoms with E-state index in [0.29, 0.717) is 13.0 Å². The van der Waals surface area contributed by atoms with Crippen LogP contribution in [0.2, 0.25) is 10.2 Å². The molecule has 2 heterocycles. The highest BCUT2D eigenvalue weighted by Crippen LogP contribution is 2.25. The average Bonchev–Trinajstić information content (AvgIpc) is 2.59. The molecule has 0 bridgehead atoms. The van der Waals surface area contributed by atoms with Crippen LogP contribution in [0, 0.1) is 0 Å². The molecule has 1 aliphatic heterocycles. The zero-order chi connectivity index (χ0) is 14.0. The van der Waals surface area contributed by atoms with Crippen molar-refractivity contribution in [3.05, 3.63) is 21.9 Å². The van der Waals surface area contributed by atoms with E-state index in [4.69, 9.17) is 23.2 Å². The molecule has 1 unspecified atom stereocenters. The molecule has 5 nitrogen and oxygen atoms in total. The summed E-state index contributed by atoms with van der Waals surface area (Å²) in [5.41, 5.74) is 0.225. The van der Waals surface area contributed by atoms with Gasteiger partial charge < -0.3 is 15.0 Å². The number of H-pyrrole nitrogens is 1. The number of amides is 1. The lowest BCUT2D eigenvalue weighted by Gasteiger charge is -2.26. The van der Waals surface area contributed by atoms with Crippen molar-refractivity contribution < 1.29 is 14.7 Å². The monoisotopic (exact) mass is 304 g/mol. The van der Waals surface area contributed by atoms with E-state index < -0.39 is 12.0 Å². The van der Waals surface area contributed by atoms with Crippen LogP contribution in [0.15, 0.2) is 6.07 Å². The largest absolute Gasteiger partial charge is 0.480 e. The van der Waals surface area contributed by atoms with Crippen LogP contribution in [0.3, 0.4) is 0 Å². The van der Waals surface area contributed by atoms with Gasteiger partial charge in [0.2, 0.25) is 0 Å². The summed E-state index contributed by atoms with van der Waals surface area (Å²) in [4.78, 5) is 27.7. The molecule has 1 amide bonds. The normalized spacial score (nSPS) is 20.1. The summed E-state index contributed by atoms with van der Waals surface area (Å²) >= 11 is 11.6. The van der Waals surface area contributed by atoms with Crippen molar-refractivity contribution in [2.75, 3.05) is 6.54 Å². The molecule has 2 rings (SSSR count). The predicted molar refractivity (Wildman–Crippen MR) is 71.7 cm³/mol. The first-order valence-electron chi connectivity index (χ1n) is 6.08. The minimum absolute atomic E-state index is 0.187. The highest BCUT2D eigenvalue weighted by Gasteiger charge is 2.32.